The Kier molecular flexibility index (Phi) is 5.83. The highest BCUT2D eigenvalue weighted by atomic mass is 16.1. The van der Waals surface area contributed by atoms with Gasteiger partial charge in [-0.2, -0.15) is 0 Å². The summed E-state index contributed by atoms with van der Waals surface area (Å²) in [5.41, 5.74) is 1.19. The lowest BCUT2D eigenvalue weighted by Crippen LogP contribution is -2.53. The third kappa shape index (κ3) is 4.19. The highest BCUT2D eigenvalue weighted by molar-refractivity contribution is 5.80. The molecule has 1 aliphatic rings. The summed E-state index contributed by atoms with van der Waals surface area (Å²) in [5.74, 6) is 1.42. The second-order valence-electron chi connectivity index (χ2n) is 6.22. The highest BCUT2D eigenvalue weighted by Gasteiger charge is 2.22. The maximum absolute atomic E-state index is 12.2. The molecule has 26 heavy (non-hydrogen) atoms. The number of hydrogen-bond acceptors (Lipinski definition) is 5. The molecule has 0 radical (unpaired) electrons. The van der Waals surface area contributed by atoms with Gasteiger partial charge in [-0.1, -0.05) is 0 Å². The van der Waals surface area contributed by atoms with E-state index in [2.05, 4.69) is 25.2 Å². The predicted molar refractivity (Wildman–Crippen MR) is 103 cm³/mol. The lowest BCUT2D eigenvalue weighted by molar-refractivity contribution is 0.371. The van der Waals surface area contributed by atoms with Crippen LogP contribution in [0.5, 0.6) is 0 Å². The van der Waals surface area contributed by atoms with Crippen molar-refractivity contribution in [3.05, 3.63) is 52.8 Å². The minimum absolute atomic E-state index is 0.0548. The average molecular weight is 355 g/mol. The van der Waals surface area contributed by atoms with Gasteiger partial charge in [0.25, 0.3) is 5.56 Å². The van der Waals surface area contributed by atoms with Crippen molar-refractivity contribution in [3.8, 4) is 0 Å². The third-order valence-electron chi connectivity index (χ3n) is 4.54. The SMILES string of the molecule is CN=C(NCCc1ccncc1)N1CCN(c2nccn(C)c2=O)CC1. The highest BCUT2D eigenvalue weighted by Crippen LogP contribution is 2.09. The number of nitrogens with one attached hydrogen (secondary N) is 1. The molecule has 0 saturated carbocycles. The van der Waals surface area contributed by atoms with Crippen molar-refractivity contribution < 1.29 is 0 Å². The molecule has 3 heterocycles. The van der Waals surface area contributed by atoms with Gasteiger partial charge in [-0.05, 0) is 24.1 Å². The van der Waals surface area contributed by atoms with Crippen molar-refractivity contribution >= 4 is 11.8 Å². The van der Waals surface area contributed by atoms with E-state index in [0.29, 0.717) is 5.82 Å². The van der Waals surface area contributed by atoms with Crippen LogP contribution in [0.15, 0.2) is 46.7 Å². The molecule has 0 aromatic carbocycles. The topological polar surface area (TPSA) is 78.7 Å². The number of piperazine rings is 1. The molecular weight excluding hydrogens is 330 g/mol. The number of aryl methyl sites for hydroxylation is 1. The molecular formula is C18H25N7O. The third-order valence-corrected chi connectivity index (χ3v) is 4.54. The van der Waals surface area contributed by atoms with Gasteiger partial charge in [0, 0.05) is 71.6 Å². The monoisotopic (exact) mass is 355 g/mol. The van der Waals surface area contributed by atoms with Gasteiger partial charge in [0.05, 0.1) is 0 Å². The zero-order chi connectivity index (χ0) is 18.4. The minimum atomic E-state index is -0.0548. The summed E-state index contributed by atoms with van der Waals surface area (Å²) in [6, 6.07) is 4.05. The van der Waals surface area contributed by atoms with Gasteiger partial charge in [0.2, 0.25) is 0 Å². The first-order valence-corrected chi connectivity index (χ1v) is 8.80. The maximum atomic E-state index is 12.2. The number of rotatable bonds is 4. The maximum Gasteiger partial charge on any atom is 0.293 e. The Morgan fingerprint density at radius 3 is 2.62 bits per heavy atom. The van der Waals surface area contributed by atoms with Crippen LogP contribution in [0.4, 0.5) is 5.82 Å². The van der Waals surface area contributed by atoms with E-state index >= 15 is 0 Å². The molecule has 8 nitrogen and oxygen atoms in total. The van der Waals surface area contributed by atoms with E-state index in [0.717, 1.165) is 45.1 Å². The van der Waals surface area contributed by atoms with Crippen LogP contribution >= 0.6 is 0 Å². The summed E-state index contributed by atoms with van der Waals surface area (Å²) < 4.78 is 1.56. The van der Waals surface area contributed by atoms with Crippen LogP contribution in [0, 0.1) is 0 Å². The normalized spacial score (nSPS) is 15.2. The number of aromatic nitrogens is 3. The summed E-state index contributed by atoms with van der Waals surface area (Å²) in [6.45, 7) is 3.91. The molecule has 1 fully saturated rings. The number of pyridine rings is 1. The Morgan fingerprint density at radius 1 is 1.19 bits per heavy atom. The summed E-state index contributed by atoms with van der Waals surface area (Å²) in [6.07, 6.45) is 7.89. The molecule has 3 rings (SSSR count). The van der Waals surface area contributed by atoms with Gasteiger partial charge < -0.3 is 19.7 Å². The number of nitrogens with zero attached hydrogens (tertiary/aromatic N) is 6. The van der Waals surface area contributed by atoms with Crippen LogP contribution in [0.25, 0.3) is 0 Å². The predicted octanol–water partition coefficient (Wildman–Crippen LogP) is 0.115. The van der Waals surface area contributed by atoms with Gasteiger partial charge in [-0.3, -0.25) is 14.8 Å². The van der Waals surface area contributed by atoms with Crippen molar-refractivity contribution in [3.63, 3.8) is 0 Å². The molecule has 2 aromatic rings. The first-order chi connectivity index (χ1) is 12.7. The number of guanidine groups is 1. The van der Waals surface area contributed by atoms with E-state index in [4.69, 9.17) is 0 Å². The Morgan fingerprint density at radius 2 is 1.92 bits per heavy atom. The number of anilines is 1. The van der Waals surface area contributed by atoms with Crippen LogP contribution in [-0.4, -0.2) is 65.2 Å². The summed E-state index contributed by atoms with van der Waals surface area (Å²) in [7, 11) is 3.55. The number of aliphatic imine (C=N–C) groups is 1. The van der Waals surface area contributed by atoms with Gasteiger partial charge >= 0.3 is 0 Å². The molecule has 8 heteroatoms. The Labute approximate surface area is 153 Å². The Hall–Kier alpha value is -2.90. The fourth-order valence-corrected chi connectivity index (χ4v) is 3.03. The molecule has 1 saturated heterocycles. The quantitative estimate of drug-likeness (QED) is 0.620. The number of hydrogen-bond donors (Lipinski definition) is 1. The zero-order valence-electron chi connectivity index (χ0n) is 15.3. The van der Waals surface area contributed by atoms with Crippen LogP contribution < -0.4 is 15.8 Å². The lowest BCUT2D eigenvalue weighted by Gasteiger charge is -2.36. The molecule has 138 valence electrons. The minimum Gasteiger partial charge on any atom is -0.356 e. The van der Waals surface area contributed by atoms with Crippen molar-refractivity contribution in [2.75, 3.05) is 44.7 Å². The molecule has 0 amide bonds. The largest absolute Gasteiger partial charge is 0.356 e. The van der Waals surface area contributed by atoms with E-state index in [1.54, 1.807) is 31.1 Å². The molecule has 1 N–H and O–H groups in total. The molecule has 0 aliphatic carbocycles. The van der Waals surface area contributed by atoms with E-state index < -0.39 is 0 Å². The molecule has 0 atom stereocenters. The van der Waals surface area contributed by atoms with Gasteiger partial charge in [-0.25, -0.2) is 4.98 Å². The lowest BCUT2D eigenvalue weighted by atomic mass is 10.2. The van der Waals surface area contributed by atoms with E-state index in [-0.39, 0.29) is 5.56 Å². The summed E-state index contributed by atoms with van der Waals surface area (Å²) in [5, 5.41) is 3.42. The molecule has 2 aromatic heterocycles. The van der Waals surface area contributed by atoms with E-state index in [1.807, 2.05) is 29.4 Å². The standard InChI is InChI=1S/C18H25N7O/c1-19-18(22-8-5-15-3-6-20-7-4-15)25-13-11-24(12-14-25)16-17(26)23(2)10-9-21-16/h3-4,6-7,9-10H,5,8,11-14H2,1-2H3,(H,19,22). The summed E-state index contributed by atoms with van der Waals surface area (Å²) in [4.78, 5) is 29.2. The smallest absolute Gasteiger partial charge is 0.293 e. The van der Waals surface area contributed by atoms with Gasteiger partial charge in [0.1, 0.15) is 0 Å². The molecule has 1 aliphatic heterocycles. The average Bonchev–Trinajstić information content (AvgIpc) is 2.69. The van der Waals surface area contributed by atoms with Crippen molar-refractivity contribution in [1.29, 1.82) is 0 Å². The van der Waals surface area contributed by atoms with E-state index in [9.17, 15) is 4.79 Å². The van der Waals surface area contributed by atoms with Crippen LogP contribution in [0.2, 0.25) is 0 Å². The van der Waals surface area contributed by atoms with Crippen LogP contribution in [0.3, 0.4) is 0 Å². The molecule has 0 bridgehead atoms. The molecule has 0 unspecified atom stereocenters. The first-order valence-electron chi connectivity index (χ1n) is 8.80. The second kappa shape index (κ2) is 8.46. The van der Waals surface area contributed by atoms with E-state index in [1.165, 1.54) is 5.56 Å². The summed E-state index contributed by atoms with van der Waals surface area (Å²) >= 11 is 0. The van der Waals surface area contributed by atoms with Gasteiger partial charge in [-0.15, -0.1) is 0 Å². The molecule has 0 spiro atoms. The fraction of sp³-hybridized carbons (Fsp3) is 0.444. The first kappa shape index (κ1) is 17.9. The van der Waals surface area contributed by atoms with Crippen LogP contribution in [0.1, 0.15) is 5.56 Å². The van der Waals surface area contributed by atoms with Crippen molar-refractivity contribution in [2.24, 2.45) is 12.0 Å². The van der Waals surface area contributed by atoms with Crippen molar-refractivity contribution in [2.45, 2.75) is 6.42 Å². The zero-order valence-corrected chi connectivity index (χ0v) is 15.3. The van der Waals surface area contributed by atoms with Gasteiger partial charge in [0.15, 0.2) is 11.8 Å². The Balaban J connectivity index is 1.53. The van der Waals surface area contributed by atoms with Crippen LogP contribution in [-0.2, 0) is 13.5 Å². The second-order valence-corrected chi connectivity index (χ2v) is 6.22. The fourth-order valence-electron chi connectivity index (χ4n) is 3.03. The van der Waals surface area contributed by atoms with Crippen molar-refractivity contribution in [1.82, 2.24) is 24.8 Å². The Bertz CT molecular complexity index is 795.